The van der Waals surface area contributed by atoms with Gasteiger partial charge in [0.2, 0.25) is 0 Å². The molecule has 0 spiro atoms. The van der Waals surface area contributed by atoms with Crippen LogP contribution in [0, 0.1) is 6.92 Å². The fraction of sp³-hybridized carbons (Fsp3) is 0.188. The summed E-state index contributed by atoms with van der Waals surface area (Å²) < 4.78 is 5.58. The third kappa shape index (κ3) is 2.20. The molecular weight excluding hydrogens is 250 g/mol. The molecule has 0 atom stereocenters. The van der Waals surface area contributed by atoms with Crippen LogP contribution in [0.25, 0.3) is 11.1 Å². The van der Waals surface area contributed by atoms with Crippen LogP contribution in [0.4, 0.5) is 17.1 Å². The molecular formula is C16H17N3O. The second kappa shape index (κ2) is 4.89. The summed E-state index contributed by atoms with van der Waals surface area (Å²) in [6.45, 7) is 1.86. The van der Waals surface area contributed by atoms with Crippen LogP contribution >= 0.6 is 0 Å². The Labute approximate surface area is 118 Å². The Hall–Kier alpha value is -2.49. The third-order valence-electron chi connectivity index (χ3n) is 3.41. The average molecular weight is 267 g/mol. The summed E-state index contributed by atoms with van der Waals surface area (Å²) in [5.74, 6) is 0.693. The number of anilines is 3. The predicted molar refractivity (Wildman–Crippen MR) is 82.8 cm³/mol. The molecule has 0 aliphatic carbocycles. The lowest BCUT2D eigenvalue weighted by Gasteiger charge is -2.19. The molecule has 3 rings (SSSR count). The maximum atomic E-state index is 5.58. The smallest absolute Gasteiger partial charge is 0.192 e. The van der Waals surface area contributed by atoms with E-state index in [0.717, 1.165) is 28.2 Å². The van der Waals surface area contributed by atoms with Gasteiger partial charge in [0.05, 0.1) is 0 Å². The van der Waals surface area contributed by atoms with Gasteiger partial charge in [-0.1, -0.05) is 0 Å². The van der Waals surface area contributed by atoms with Crippen LogP contribution in [-0.4, -0.2) is 19.1 Å². The van der Waals surface area contributed by atoms with Crippen LogP contribution in [-0.2, 0) is 0 Å². The number of nitrogens with zero attached hydrogens (tertiary/aromatic N) is 2. The minimum atomic E-state index is 0.693. The molecule has 1 aromatic heterocycles. The van der Waals surface area contributed by atoms with E-state index < -0.39 is 0 Å². The van der Waals surface area contributed by atoms with Crippen molar-refractivity contribution in [3.05, 3.63) is 48.4 Å². The average Bonchev–Trinajstić information content (AvgIpc) is 2.85. The zero-order chi connectivity index (χ0) is 14.1. The van der Waals surface area contributed by atoms with E-state index in [0.29, 0.717) is 5.89 Å². The molecule has 4 heteroatoms. The van der Waals surface area contributed by atoms with Crippen LogP contribution in [0.5, 0.6) is 0 Å². The molecule has 1 heterocycles. The van der Waals surface area contributed by atoms with Gasteiger partial charge in [0.25, 0.3) is 0 Å². The monoisotopic (exact) mass is 267 g/mol. The van der Waals surface area contributed by atoms with Crippen LogP contribution < -0.4 is 10.2 Å². The summed E-state index contributed by atoms with van der Waals surface area (Å²) in [6.07, 6.45) is 0. The van der Waals surface area contributed by atoms with Crippen molar-refractivity contribution in [2.45, 2.75) is 6.92 Å². The molecule has 0 amide bonds. The van der Waals surface area contributed by atoms with Crippen LogP contribution in [0.3, 0.4) is 0 Å². The Morgan fingerprint density at radius 3 is 2.45 bits per heavy atom. The Morgan fingerprint density at radius 2 is 1.75 bits per heavy atom. The van der Waals surface area contributed by atoms with E-state index in [4.69, 9.17) is 4.42 Å². The highest BCUT2D eigenvalue weighted by Gasteiger charge is 2.08. The fourth-order valence-corrected chi connectivity index (χ4v) is 2.24. The summed E-state index contributed by atoms with van der Waals surface area (Å²) >= 11 is 0. The molecule has 0 saturated heterocycles. The minimum absolute atomic E-state index is 0.693. The molecule has 3 aromatic rings. The molecule has 0 aliphatic heterocycles. The predicted octanol–water partition coefficient (Wildman–Crippen LogP) is 3.95. The van der Waals surface area contributed by atoms with Gasteiger partial charge in [0.15, 0.2) is 11.5 Å². The van der Waals surface area contributed by atoms with E-state index in [2.05, 4.69) is 45.5 Å². The topological polar surface area (TPSA) is 41.3 Å². The highest BCUT2D eigenvalue weighted by molar-refractivity contribution is 5.79. The second-order valence-corrected chi connectivity index (χ2v) is 4.74. The van der Waals surface area contributed by atoms with Crippen molar-refractivity contribution in [1.29, 1.82) is 0 Å². The molecule has 102 valence electrons. The molecule has 0 bridgehead atoms. The SMILES string of the molecule is CNc1ccc(N(C)c2ccc3nc(C)oc3c2)cc1. The zero-order valence-corrected chi connectivity index (χ0v) is 11.8. The van der Waals surface area contributed by atoms with Crippen molar-refractivity contribution in [3.8, 4) is 0 Å². The van der Waals surface area contributed by atoms with Crippen molar-refractivity contribution in [1.82, 2.24) is 4.98 Å². The van der Waals surface area contributed by atoms with Crippen molar-refractivity contribution in [2.75, 3.05) is 24.3 Å². The Morgan fingerprint density at radius 1 is 1.05 bits per heavy atom. The molecule has 1 N–H and O–H groups in total. The Bertz CT molecular complexity index is 731. The quantitative estimate of drug-likeness (QED) is 0.780. The summed E-state index contributed by atoms with van der Waals surface area (Å²) in [6, 6.07) is 14.3. The molecule has 4 nitrogen and oxygen atoms in total. The highest BCUT2D eigenvalue weighted by Crippen LogP contribution is 2.28. The molecule has 20 heavy (non-hydrogen) atoms. The van der Waals surface area contributed by atoms with E-state index in [-0.39, 0.29) is 0 Å². The standard InChI is InChI=1S/C16H17N3O/c1-11-18-15-9-8-14(10-16(15)20-11)19(3)13-6-4-12(17-2)5-7-13/h4-10,17H,1-3H3. The summed E-state index contributed by atoms with van der Waals surface area (Å²) in [7, 11) is 3.96. The van der Waals surface area contributed by atoms with Crippen molar-refractivity contribution in [3.63, 3.8) is 0 Å². The zero-order valence-electron chi connectivity index (χ0n) is 11.8. The highest BCUT2D eigenvalue weighted by atomic mass is 16.3. The number of aromatic nitrogens is 1. The molecule has 0 aliphatic rings. The molecule has 0 fully saturated rings. The van der Waals surface area contributed by atoms with Gasteiger partial charge in [-0.05, 0) is 36.4 Å². The minimum Gasteiger partial charge on any atom is -0.441 e. The van der Waals surface area contributed by atoms with E-state index in [1.54, 1.807) is 0 Å². The van der Waals surface area contributed by atoms with Gasteiger partial charge >= 0.3 is 0 Å². The number of rotatable bonds is 3. The lowest BCUT2D eigenvalue weighted by molar-refractivity contribution is 0.561. The summed E-state index contributed by atoms with van der Waals surface area (Å²) in [4.78, 5) is 6.44. The number of nitrogens with one attached hydrogen (secondary N) is 1. The van der Waals surface area contributed by atoms with E-state index in [1.165, 1.54) is 0 Å². The van der Waals surface area contributed by atoms with Crippen LogP contribution in [0.15, 0.2) is 46.9 Å². The third-order valence-corrected chi connectivity index (χ3v) is 3.41. The normalized spacial score (nSPS) is 10.8. The number of aryl methyl sites for hydroxylation is 1. The molecule has 0 unspecified atom stereocenters. The summed E-state index contributed by atoms with van der Waals surface area (Å²) in [5.41, 5.74) is 5.01. The first-order valence-electron chi connectivity index (χ1n) is 6.56. The Kier molecular flexibility index (Phi) is 3.06. The second-order valence-electron chi connectivity index (χ2n) is 4.74. The first-order valence-corrected chi connectivity index (χ1v) is 6.56. The molecule has 2 aromatic carbocycles. The van der Waals surface area contributed by atoms with Gasteiger partial charge in [-0.3, -0.25) is 0 Å². The first-order chi connectivity index (χ1) is 9.67. The van der Waals surface area contributed by atoms with Gasteiger partial charge in [0.1, 0.15) is 5.52 Å². The van der Waals surface area contributed by atoms with E-state index >= 15 is 0 Å². The lowest BCUT2D eigenvalue weighted by Crippen LogP contribution is -2.09. The lowest BCUT2D eigenvalue weighted by atomic mass is 10.2. The van der Waals surface area contributed by atoms with Crippen molar-refractivity contribution >= 4 is 28.2 Å². The fourth-order valence-electron chi connectivity index (χ4n) is 2.24. The van der Waals surface area contributed by atoms with E-state index in [9.17, 15) is 0 Å². The Balaban J connectivity index is 1.95. The van der Waals surface area contributed by atoms with Crippen LogP contribution in [0.2, 0.25) is 0 Å². The largest absolute Gasteiger partial charge is 0.441 e. The first kappa shape index (κ1) is 12.5. The van der Waals surface area contributed by atoms with Crippen LogP contribution in [0.1, 0.15) is 5.89 Å². The molecule has 0 radical (unpaired) electrons. The van der Waals surface area contributed by atoms with Gasteiger partial charge in [-0.25, -0.2) is 4.98 Å². The maximum absolute atomic E-state index is 5.58. The van der Waals surface area contributed by atoms with Crippen molar-refractivity contribution < 1.29 is 4.42 Å². The van der Waals surface area contributed by atoms with Gasteiger partial charge in [0, 0.05) is 44.1 Å². The number of hydrogen-bond acceptors (Lipinski definition) is 4. The number of fused-ring (bicyclic) bond motifs is 1. The van der Waals surface area contributed by atoms with Crippen molar-refractivity contribution in [2.24, 2.45) is 0 Å². The number of oxazole rings is 1. The van der Waals surface area contributed by atoms with Gasteiger partial charge in [-0.15, -0.1) is 0 Å². The summed E-state index contributed by atoms with van der Waals surface area (Å²) in [5, 5.41) is 3.12. The molecule has 0 saturated carbocycles. The van der Waals surface area contributed by atoms with Gasteiger partial charge in [-0.2, -0.15) is 0 Å². The maximum Gasteiger partial charge on any atom is 0.192 e. The van der Waals surface area contributed by atoms with E-state index in [1.807, 2.05) is 33.2 Å². The number of benzene rings is 2. The van der Waals surface area contributed by atoms with Gasteiger partial charge < -0.3 is 14.6 Å². The number of hydrogen-bond donors (Lipinski definition) is 1.